The molecule has 0 saturated carbocycles. The Hall–Kier alpha value is -1.63. The van der Waals surface area contributed by atoms with Crippen molar-refractivity contribution in [1.82, 2.24) is 0 Å². The molecule has 2 saturated heterocycles. The maximum Gasteiger partial charge on any atom is 0.107 e. The van der Waals surface area contributed by atoms with Crippen LogP contribution in [0.15, 0.2) is 60.7 Å². The molecule has 0 radical (unpaired) electrons. The third-order valence-corrected chi connectivity index (χ3v) is 10.0. The second-order valence-corrected chi connectivity index (χ2v) is 12.4. The highest BCUT2D eigenvalue weighted by molar-refractivity contribution is 5.45. The Morgan fingerprint density at radius 1 is 0.737 bits per heavy atom. The quantitative estimate of drug-likeness (QED) is 0.182. The van der Waals surface area contributed by atoms with E-state index < -0.39 is 5.41 Å². The fourth-order valence-corrected chi connectivity index (χ4v) is 7.78. The first-order valence-electron chi connectivity index (χ1n) is 15.5. The minimum Gasteiger partial charge on any atom is -1.00 e. The van der Waals surface area contributed by atoms with Gasteiger partial charge >= 0.3 is 0 Å². The van der Waals surface area contributed by atoms with E-state index in [2.05, 4.69) is 80.7 Å². The van der Waals surface area contributed by atoms with Crippen molar-refractivity contribution in [1.29, 1.82) is 5.26 Å². The zero-order valence-electron chi connectivity index (χ0n) is 24.1. The molecule has 4 rings (SSSR count). The molecule has 2 unspecified atom stereocenters. The second-order valence-electron chi connectivity index (χ2n) is 12.4. The van der Waals surface area contributed by atoms with Gasteiger partial charge in [-0.05, 0) is 36.3 Å². The van der Waals surface area contributed by atoms with Crippen molar-refractivity contribution in [2.75, 3.05) is 13.6 Å². The number of halogens is 1. The Kier molecular flexibility index (Phi) is 12.4. The zero-order valence-corrected chi connectivity index (χ0v) is 25.7. The summed E-state index contributed by atoms with van der Waals surface area (Å²) < 4.78 is 1.31. The van der Waals surface area contributed by atoms with Crippen molar-refractivity contribution in [3.8, 4) is 6.07 Å². The summed E-state index contributed by atoms with van der Waals surface area (Å²) in [6.45, 7) is 3.66. The molecule has 0 N–H and O–H groups in total. The first-order valence-corrected chi connectivity index (χ1v) is 15.5. The largest absolute Gasteiger partial charge is 1.00 e. The van der Waals surface area contributed by atoms with Crippen LogP contribution in [-0.2, 0) is 5.41 Å². The number of benzene rings is 2. The number of nitrogens with zero attached hydrogens (tertiary/aromatic N) is 2. The minimum absolute atomic E-state index is 0. The van der Waals surface area contributed by atoms with E-state index in [4.69, 9.17) is 0 Å². The molecule has 0 aromatic heterocycles. The summed E-state index contributed by atoms with van der Waals surface area (Å²) in [5, 5.41) is 10.7. The van der Waals surface area contributed by atoms with E-state index in [0.29, 0.717) is 5.92 Å². The van der Waals surface area contributed by atoms with Crippen LogP contribution in [0.3, 0.4) is 0 Å². The SMILES string of the molecule is CCCCCCCCCCCC[N+]1(C)C2CCC1CC(CC(C#N)(c1ccccc1)c1ccccc1)C2.[Br-]. The predicted molar refractivity (Wildman–Crippen MR) is 156 cm³/mol. The van der Waals surface area contributed by atoms with Crippen molar-refractivity contribution in [2.24, 2.45) is 5.92 Å². The molecule has 2 bridgehead atoms. The lowest BCUT2D eigenvalue weighted by atomic mass is 9.67. The van der Waals surface area contributed by atoms with Crippen LogP contribution in [0.2, 0.25) is 0 Å². The Labute approximate surface area is 244 Å². The molecule has 2 aromatic rings. The fourth-order valence-electron chi connectivity index (χ4n) is 7.78. The van der Waals surface area contributed by atoms with Crippen LogP contribution >= 0.6 is 0 Å². The lowest BCUT2D eigenvalue weighted by molar-refractivity contribution is -0.949. The molecule has 2 aliphatic heterocycles. The van der Waals surface area contributed by atoms with Crippen molar-refractivity contribution in [3.63, 3.8) is 0 Å². The summed E-state index contributed by atoms with van der Waals surface area (Å²) in [4.78, 5) is 0. The highest BCUT2D eigenvalue weighted by Gasteiger charge is 2.52. The molecule has 0 amide bonds. The van der Waals surface area contributed by atoms with Crippen molar-refractivity contribution in [2.45, 2.75) is 121 Å². The minimum atomic E-state index is -0.552. The molecule has 2 aromatic carbocycles. The van der Waals surface area contributed by atoms with Crippen molar-refractivity contribution < 1.29 is 21.5 Å². The Bertz CT molecular complexity index is 913. The first kappa shape index (κ1) is 30.9. The van der Waals surface area contributed by atoms with Crippen molar-refractivity contribution in [3.05, 3.63) is 71.8 Å². The van der Waals surface area contributed by atoms with Gasteiger partial charge < -0.3 is 21.5 Å². The summed E-state index contributed by atoms with van der Waals surface area (Å²) in [5.74, 6) is 0.622. The van der Waals surface area contributed by atoms with Gasteiger partial charge in [0.25, 0.3) is 0 Å². The summed E-state index contributed by atoms with van der Waals surface area (Å²) in [6.07, 6.45) is 20.4. The van der Waals surface area contributed by atoms with Gasteiger partial charge in [0.15, 0.2) is 0 Å². The van der Waals surface area contributed by atoms with Gasteiger partial charge in [-0.2, -0.15) is 5.26 Å². The van der Waals surface area contributed by atoms with Gasteiger partial charge in [-0.15, -0.1) is 0 Å². The van der Waals surface area contributed by atoms with Crippen LogP contribution in [0.4, 0.5) is 0 Å². The molecule has 3 heteroatoms. The smallest absolute Gasteiger partial charge is 0.107 e. The van der Waals surface area contributed by atoms with Gasteiger partial charge in [-0.25, -0.2) is 0 Å². The van der Waals surface area contributed by atoms with Gasteiger partial charge in [-0.3, -0.25) is 0 Å². The number of hydrogen-bond acceptors (Lipinski definition) is 1. The number of piperidine rings is 1. The lowest BCUT2D eigenvalue weighted by Crippen LogP contribution is -3.00. The zero-order chi connectivity index (χ0) is 26.0. The third-order valence-electron chi connectivity index (χ3n) is 10.0. The maximum atomic E-state index is 10.7. The molecular weight excluding hydrogens is 528 g/mol. The topological polar surface area (TPSA) is 23.8 Å². The number of unbranched alkanes of at least 4 members (excludes halogenated alkanes) is 9. The summed E-state index contributed by atoms with van der Waals surface area (Å²) >= 11 is 0. The molecule has 2 aliphatic rings. The van der Waals surface area contributed by atoms with Crippen LogP contribution in [0.1, 0.15) is 114 Å². The Morgan fingerprint density at radius 3 is 1.63 bits per heavy atom. The normalized spacial score (nSPS) is 24.5. The molecule has 2 heterocycles. The molecule has 2 nitrogen and oxygen atoms in total. The monoisotopic (exact) mass is 578 g/mol. The molecule has 2 atom stereocenters. The first-order chi connectivity index (χ1) is 18.1. The second kappa shape index (κ2) is 15.2. The molecule has 0 aliphatic carbocycles. The average molecular weight is 580 g/mol. The van der Waals surface area contributed by atoms with E-state index in [-0.39, 0.29) is 17.0 Å². The van der Waals surface area contributed by atoms with Gasteiger partial charge in [0, 0.05) is 25.7 Å². The summed E-state index contributed by atoms with van der Waals surface area (Å²) in [6, 6.07) is 25.6. The van der Waals surface area contributed by atoms with E-state index >= 15 is 0 Å². The van der Waals surface area contributed by atoms with E-state index in [1.165, 1.54) is 101 Å². The standard InChI is InChI=1S/C35H51N2.BrH/c1-3-4-5-6-7-8-9-10-11-18-25-37(2)33-23-24-34(37)27-30(26-33)28-35(29-36,31-19-14-12-15-20-31)32-21-16-13-17-22-32;/h12-17,19-22,30,33-34H,3-11,18,23-28H2,1-2H3;1H/q+1;/p-1. The van der Waals surface area contributed by atoms with Gasteiger partial charge in [0.1, 0.15) is 5.41 Å². The number of nitriles is 1. The van der Waals surface area contributed by atoms with Crippen molar-refractivity contribution >= 4 is 0 Å². The third kappa shape index (κ3) is 7.31. The lowest BCUT2D eigenvalue weighted by Gasteiger charge is -2.48. The van der Waals surface area contributed by atoms with Crippen LogP contribution in [0.5, 0.6) is 0 Å². The molecule has 38 heavy (non-hydrogen) atoms. The fraction of sp³-hybridized carbons (Fsp3) is 0.629. The Morgan fingerprint density at radius 2 is 1.18 bits per heavy atom. The maximum absolute atomic E-state index is 10.7. The number of fused-ring (bicyclic) bond motifs is 2. The molecule has 208 valence electrons. The van der Waals surface area contributed by atoms with Gasteiger partial charge in [0.2, 0.25) is 0 Å². The summed E-state index contributed by atoms with van der Waals surface area (Å²) in [7, 11) is 2.57. The average Bonchev–Trinajstić information content (AvgIpc) is 3.09. The molecule has 2 fully saturated rings. The molecule has 0 spiro atoms. The van der Waals surface area contributed by atoms with Crippen LogP contribution in [-0.4, -0.2) is 30.2 Å². The van der Waals surface area contributed by atoms with E-state index in [9.17, 15) is 5.26 Å². The number of rotatable bonds is 15. The highest BCUT2D eigenvalue weighted by atomic mass is 79.9. The number of hydrogen-bond donors (Lipinski definition) is 0. The van der Waals surface area contributed by atoms with Crippen LogP contribution < -0.4 is 17.0 Å². The van der Waals surface area contributed by atoms with Crippen LogP contribution in [0.25, 0.3) is 0 Å². The number of quaternary nitrogens is 1. The molecular formula is C35H51BrN2. The van der Waals surface area contributed by atoms with E-state index in [0.717, 1.165) is 29.6 Å². The van der Waals surface area contributed by atoms with E-state index in [1.807, 2.05) is 0 Å². The van der Waals surface area contributed by atoms with Gasteiger partial charge in [0.05, 0.1) is 31.7 Å². The Balaban J connectivity index is 0.00000400. The van der Waals surface area contributed by atoms with Crippen LogP contribution in [0, 0.1) is 17.2 Å². The van der Waals surface area contributed by atoms with E-state index in [1.54, 1.807) is 0 Å². The predicted octanol–water partition coefficient (Wildman–Crippen LogP) is 6.20. The highest BCUT2D eigenvalue weighted by Crippen LogP contribution is 2.48. The van der Waals surface area contributed by atoms with Gasteiger partial charge in [-0.1, -0.05) is 119 Å². The summed E-state index contributed by atoms with van der Waals surface area (Å²) in [5.41, 5.74) is 1.76.